The van der Waals surface area contributed by atoms with Gasteiger partial charge in [-0.15, -0.1) is 0 Å². The number of nitrogens with zero attached hydrogens (tertiary/aromatic N) is 2. The molecule has 22 heavy (non-hydrogen) atoms. The summed E-state index contributed by atoms with van der Waals surface area (Å²) >= 11 is 0. The van der Waals surface area contributed by atoms with Crippen molar-refractivity contribution in [3.8, 4) is 0 Å². The molecule has 0 radical (unpaired) electrons. The Hall–Kier alpha value is -2.14. The van der Waals surface area contributed by atoms with Gasteiger partial charge in [-0.3, -0.25) is 4.79 Å². The zero-order valence-corrected chi connectivity index (χ0v) is 13.1. The molecule has 0 saturated heterocycles. The van der Waals surface area contributed by atoms with Crippen molar-refractivity contribution in [2.24, 2.45) is 0 Å². The molecule has 1 aromatic carbocycles. The van der Waals surface area contributed by atoms with Crippen molar-refractivity contribution in [3.05, 3.63) is 52.9 Å². The molecule has 0 fully saturated rings. The van der Waals surface area contributed by atoms with Crippen molar-refractivity contribution in [1.82, 2.24) is 10.1 Å². The largest absolute Gasteiger partial charge is 0.395 e. The van der Waals surface area contributed by atoms with Crippen LogP contribution in [0.25, 0.3) is 0 Å². The number of amides is 1. The van der Waals surface area contributed by atoms with Gasteiger partial charge in [0.1, 0.15) is 5.76 Å². The Morgan fingerprint density at radius 3 is 2.55 bits per heavy atom. The molecule has 0 atom stereocenters. The zero-order valence-electron chi connectivity index (χ0n) is 13.1. The third-order valence-electron chi connectivity index (χ3n) is 3.75. The summed E-state index contributed by atoms with van der Waals surface area (Å²) in [6, 6.07) is 10.0. The smallest absolute Gasteiger partial charge is 0.227 e. The number of aliphatic hydroxyl groups is 1. The molecule has 0 unspecified atom stereocenters. The number of hydrogen-bond donors (Lipinski definition) is 1. The van der Waals surface area contributed by atoms with Gasteiger partial charge in [-0.2, -0.15) is 0 Å². The van der Waals surface area contributed by atoms with Crippen molar-refractivity contribution in [3.63, 3.8) is 0 Å². The van der Waals surface area contributed by atoms with E-state index in [1.807, 2.05) is 44.2 Å². The molecule has 1 amide bonds. The summed E-state index contributed by atoms with van der Waals surface area (Å²) in [7, 11) is 0. The van der Waals surface area contributed by atoms with Crippen LogP contribution in [0, 0.1) is 13.8 Å². The normalized spacial score (nSPS) is 10.7. The van der Waals surface area contributed by atoms with Crippen molar-refractivity contribution in [2.45, 2.75) is 26.7 Å². The highest BCUT2D eigenvalue weighted by molar-refractivity contribution is 5.79. The molecule has 118 valence electrons. The van der Waals surface area contributed by atoms with Crippen LogP contribution in [0.2, 0.25) is 0 Å². The Morgan fingerprint density at radius 2 is 1.95 bits per heavy atom. The van der Waals surface area contributed by atoms with E-state index >= 15 is 0 Å². The number of hydrogen-bond acceptors (Lipinski definition) is 4. The summed E-state index contributed by atoms with van der Waals surface area (Å²) in [4.78, 5) is 14.2. The minimum absolute atomic E-state index is 0.0145. The number of benzene rings is 1. The van der Waals surface area contributed by atoms with E-state index < -0.39 is 0 Å². The molecule has 0 aliphatic carbocycles. The van der Waals surface area contributed by atoms with Gasteiger partial charge in [-0.05, 0) is 25.8 Å². The Kier molecular flexibility index (Phi) is 5.72. The van der Waals surface area contributed by atoms with Crippen LogP contribution >= 0.6 is 0 Å². The molecule has 1 aromatic heterocycles. The lowest BCUT2D eigenvalue weighted by atomic mass is 10.1. The average molecular weight is 302 g/mol. The SMILES string of the molecule is Cc1noc(C)c1CC(=O)N(CCO)CCc1ccccc1. The van der Waals surface area contributed by atoms with Crippen LogP contribution in [0.5, 0.6) is 0 Å². The van der Waals surface area contributed by atoms with E-state index in [0.29, 0.717) is 18.8 Å². The number of aromatic nitrogens is 1. The Morgan fingerprint density at radius 1 is 1.23 bits per heavy atom. The molecule has 0 aliphatic heterocycles. The topological polar surface area (TPSA) is 66.6 Å². The average Bonchev–Trinajstić information content (AvgIpc) is 2.84. The van der Waals surface area contributed by atoms with E-state index in [1.165, 1.54) is 5.56 Å². The molecule has 2 rings (SSSR count). The van der Waals surface area contributed by atoms with Gasteiger partial charge in [0.15, 0.2) is 0 Å². The fourth-order valence-corrected chi connectivity index (χ4v) is 2.41. The highest BCUT2D eigenvalue weighted by Crippen LogP contribution is 2.14. The summed E-state index contributed by atoms with van der Waals surface area (Å²) < 4.78 is 5.10. The van der Waals surface area contributed by atoms with Gasteiger partial charge in [0.25, 0.3) is 0 Å². The highest BCUT2D eigenvalue weighted by Gasteiger charge is 2.18. The van der Waals surface area contributed by atoms with Gasteiger partial charge in [0, 0.05) is 18.7 Å². The highest BCUT2D eigenvalue weighted by atomic mass is 16.5. The third-order valence-corrected chi connectivity index (χ3v) is 3.75. The molecular formula is C17H22N2O3. The standard InChI is InChI=1S/C17H22N2O3/c1-13-16(14(2)22-18-13)12-17(21)19(10-11-20)9-8-15-6-4-3-5-7-15/h3-7,20H,8-12H2,1-2H3. The van der Waals surface area contributed by atoms with E-state index in [4.69, 9.17) is 4.52 Å². The Balaban J connectivity index is 1.99. The van der Waals surface area contributed by atoms with E-state index in [1.54, 1.807) is 4.90 Å². The predicted molar refractivity (Wildman–Crippen MR) is 83.5 cm³/mol. The van der Waals surface area contributed by atoms with E-state index in [-0.39, 0.29) is 18.9 Å². The molecule has 0 aliphatic rings. The van der Waals surface area contributed by atoms with E-state index in [2.05, 4.69) is 5.16 Å². The summed E-state index contributed by atoms with van der Waals surface area (Å²) in [6.45, 7) is 4.53. The molecule has 5 heteroatoms. The first-order valence-electron chi connectivity index (χ1n) is 7.46. The summed E-state index contributed by atoms with van der Waals surface area (Å²) in [5.41, 5.74) is 2.76. The first kappa shape index (κ1) is 16.2. The molecular weight excluding hydrogens is 280 g/mol. The quantitative estimate of drug-likeness (QED) is 0.848. The second kappa shape index (κ2) is 7.75. The van der Waals surface area contributed by atoms with Crippen molar-refractivity contribution >= 4 is 5.91 Å². The van der Waals surface area contributed by atoms with Crippen molar-refractivity contribution in [1.29, 1.82) is 0 Å². The molecule has 0 bridgehead atoms. The van der Waals surface area contributed by atoms with Gasteiger partial charge >= 0.3 is 0 Å². The number of aliphatic hydroxyl groups excluding tert-OH is 1. The molecule has 0 spiro atoms. The first-order chi connectivity index (χ1) is 10.6. The van der Waals surface area contributed by atoms with Crippen molar-refractivity contribution in [2.75, 3.05) is 19.7 Å². The summed E-state index contributed by atoms with van der Waals surface area (Å²) in [5, 5.41) is 13.1. The van der Waals surface area contributed by atoms with Crippen LogP contribution in [0.1, 0.15) is 22.6 Å². The molecule has 5 nitrogen and oxygen atoms in total. The lowest BCUT2D eigenvalue weighted by Gasteiger charge is -2.22. The van der Waals surface area contributed by atoms with Crippen LogP contribution in [-0.4, -0.2) is 40.8 Å². The summed E-state index contributed by atoms with van der Waals surface area (Å²) in [5.74, 6) is 0.664. The molecule has 1 heterocycles. The molecule has 0 saturated carbocycles. The van der Waals surface area contributed by atoms with Gasteiger partial charge < -0.3 is 14.5 Å². The number of carbonyl (C=O) groups excluding carboxylic acids is 1. The van der Waals surface area contributed by atoms with Gasteiger partial charge in [-0.25, -0.2) is 0 Å². The van der Waals surface area contributed by atoms with Crippen molar-refractivity contribution < 1.29 is 14.4 Å². The lowest BCUT2D eigenvalue weighted by Crippen LogP contribution is -2.36. The monoisotopic (exact) mass is 302 g/mol. The maximum atomic E-state index is 12.5. The van der Waals surface area contributed by atoms with E-state index in [9.17, 15) is 9.90 Å². The van der Waals surface area contributed by atoms with E-state index in [0.717, 1.165) is 17.7 Å². The zero-order chi connectivity index (χ0) is 15.9. The fraction of sp³-hybridized carbons (Fsp3) is 0.412. The lowest BCUT2D eigenvalue weighted by molar-refractivity contribution is -0.131. The second-order valence-electron chi connectivity index (χ2n) is 5.32. The summed E-state index contributed by atoms with van der Waals surface area (Å²) in [6.07, 6.45) is 1.03. The first-order valence-corrected chi connectivity index (χ1v) is 7.46. The van der Waals surface area contributed by atoms with Gasteiger partial charge in [0.05, 0.1) is 18.7 Å². The third kappa shape index (κ3) is 4.18. The Labute approximate surface area is 130 Å². The predicted octanol–water partition coefficient (Wildman–Crippen LogP) is 1.90. The number of aryl methyl sites for hydroxylation is 2. The van der Waals surface area contributed by atoms with Gasteiger partial charge in [-0.1, -0.05) is 35.5 Å². The second-order valence-corrected chi connectivity index (χ2v) is 5.32. The Bertz CT molecular complexity index is 588. The van der Waals surface area contributed by atoms with Crippen LogP contribution in [0.3, 0.4) is 0 Å². The number of rotatable bonds is 7. The fourth-order valence-electron chi connectivity index (χ4n) is 2.41. The molecule has 2 aromatic rings. The van der Waals surface area contributed by atoms with Crippen LogP contribution in [0.4, 0.5) is 0 Å². The minimum atomic E-state index is -0.0396. The molecule has 1 N–H and O–H groups in total. The van der Waals surface area contributed by atoms with Crippen LogP contribution in [0.15, 0.2) is 34.9 Å². The maximum Gasteiger partial charge on any atom is 0.227 e. The minimum Gasteiger partial charge on any atom is -0.395 e. The van der Waals surface area contributed by atoms with Gasteiger partial charge in [0.2, 0.25) is 5.91 Å². The number of carbonyl (C=O) groups is 1. The van der Waals surface area contributed by atoms with Crippen LogP contribution < -0.4 is 0 Å². The van der Waals surface area contributed by atoms with Crippen LogP contribution in [-0.2, 0) is 17.6 Å². The maximum absolute atomic E-state index is 12.5.